The van der Waals surface area contributed by atoms with E-state index in [-0.39, 0.29) is 11.7 Å². The van der Waals surface area contributed by atoms with Gasteiger partial charge in [-0.2, -0.15) is 0 Å². The molecule has 0 N–H and O–H groups in total. The number of carbonyl (C=O) groups excluding carboxylic acids is 2. The van der Waals surface area contributed by atoms with E-state index in [9.17, 15) is 9.59 Å². The van der Waals surface area contributed by atoms with Crippen LogP contribution in [0.5, 0.6) is 0 Å². The van der Waals surface area contributed by atoms with E-state index in [1.54, 1.807) is 6.92 Å². The predicted molar refractivity (Wildman–Crippen MR) is 97.9 cm³/mol. The van der Waals surface area contributed by atoms with Gasteiger partial charge in [0.05, 0.1) is 11.4 Å². The van der Waals surface area contributed by atoms with Crippen LogP contribution in [0.25, 0.3) is 0 Å². The third-order valence-electron chi connectivity index (χ3n) is 5.55. The minimum atomic E-state index is -0.405. The Hall–Kier alpha value is -1.84. The molecule has 0 bridgehead atoms. The van der Waals surface area contributed by atoms with E-state index in [1.165, 1.54) is 6.42 Å². The monoisotopic (exact) mass is 328 g/mol. The third kappa shape index (κ3) is 2.62. The highest BCUT2D eigenvalue weighted by Crippen LogP contribution is 2.46. The van der Waals surface area contributed by atoms with Gasteiger partial charge < -0.3 is 9.80 Å². The molecule has 24 heavy (non-hydrogen) atoms. The molecule has 3 rings (SSSR count). The van der Waals surface area contributed by atoms with Gasteiger partial charge in [-0.3, -0.25) is 9.59 Å². The molecule has 1 fully saturated rings. The van der Waals surface area contributed by atoms with E-state index < -0.39 is 5.54 Å². The summed E-state index contributed by atoms with van der Waals surface area (Å²) in [7, 11) is 2.04. The summed E-state index contributed by atoms with van der Waals surface area (Å²) in [6, 6.07) is 5.80. The number of amides is 1. The Labute approximate surface area is 144 Å². The Balaban J connectivity index is 2.13. The molecule has 1 amide bonds. The van der Waals surface area contributed by atoms with Crippen LogP contribution in [0.15, 0.2) is 18.2 Å². The maximum atomic E-state index is 13.5. The zero-order chi connectivity index (χ0) is 17.5. The molecule has 2 aliphatic rings. The van der Waals surface area contributed by atoms with Crippen LogP contribution in [0.3, 0.4) is 0 Å². The van der Waals surface area contributed by atoms with E-state index in [0.717, 1.165) is 37.1 Å². The van der Waals surface area contributed by atoms with Crippen molar-refractivity contribution in [2.45, 2.75) is 58.4 Å². The van der Waals surface area contributed by atoms with Crippen LogP contribution in [0.2, 0.25) is 0 Å². The summed E-state index contributed by atoms with van der Waals surface area (Å²) in [6.07, 6.45) is 5.26. The summed E-state index contributed by atoms with van der Waals surface area (Å²) in [5.41, 5.74) is 2.23. The number of fused-ring (bicyclic) bond motifs is 1. The largest absolute Gasteiger partial charge is 0.358 e. The molecule has 0 radical (unpaired) electrons. The van der Waals surface area contributed by atoms with Crippen LogP contribution in [0.4, 0.5) is 11.4 Å². The number of Topliss-reactive ketones (excluding diaryl/α,β-unsaturated/α-hetero) is 1. The second-order valence-electron chi connectivity index (χ2n) is 7.72. The van der Waals surface area contributed by atoms with Crippen molar-refractivity contribution in [3.8, 4) is 0 Å². The zero-order valence-electron chi connectivity index (χ0n) is 15.3. The van der Waals surface area contributed by atoms with Gasteiger partial charge in [0.2, 0.25) is 0 Å². The Bertz CT molecular complexity index is 660. The van der Waals surface area contributed by atoms with Gasteiger partial charge in [0.25, 0.3) is 5.91 Å². The van der Waals surface area contributed by atoms with Gasteiger partial charge in [0.1, 0.15) is 5.54 Å². The zero-order valence-corrected chi connectivity index (χ0v) is 15.3. The first-order chi connectivity index (χ1) is 11.4. The van der Waals surface area contributed by atoms with E-state index >= 15 is 0 Å². The summed E-state index contributed by atoms with van der Waals surface area (Å²) < 4.78 is 0. The van der Waals surface area contributed by atoms with Crippen molar-refractivity contribution in [1.82, 2.24) is 0 Å². The van der Waals surface area contributed by atoms with Gasteiger partial charge in [-0.25, -0.2) is 0 Å². The van der Waals surface area contributed by atoms with Crippen LogP contribution in [-0.2, 0) is 4.79 Å². The number of carbonyl (C=O) groups is 2. The van der Waals surface area contributed by atoms with Crippen molar-refractivity contribution in [2.75, 3.05) is 23.4 Å². The fourth-order valence-electron chi connectivity index (χ4n) is 4.21. The van der Waals surface area contributed by atoms with Gasteiger partial charge in [0, 0.05) is 19.2 Å². The van der Waals surface area contributed by atoms with Crippen molar-refractivity contribution in [1.29, 1.82) is 0 Å². The second-order valence-corrected chi connectivity index (χ2v) is 7.72. The fraction of sp³-hybridized carbons (Fsp3) is 0.600. The van der Waals surface area contributed by atoms with Gasteiger partial charge in [-0.05, 0) is 43.9 Å². The van der Waals surface area contributed by atoms with Crippen LogP contribution in [-0.4, -0.2) is 30.8 Å². The molecular weight excluding hydrogens is 300 g/mol. The summed E-state index contributed by atoms with van der Waals surface area (Å²) in [5, 5.41) is 0. The molecule has 0 atom stereocenters. The minimum absolute atomic E-state index is 0.0374. The average molecular weight is 328 g/mol. The molecule has 1 saturated carbocycles. The molecule has 130 valence electrons. The fourth-order valence-corrected chi connectivity index (χ4v) is 4.21. The molecule has 0 unspecified atom stereocenters. The van der Waals surface area contributed by atoms with Crippen LogP contribution < -0.4 is 9.80 Å². The third-order valence-corrected chi connectivity index (χ3v) is 5.55. The lowest BCUT2D eigenvalue weighted by molar-refractivity contribution is -0.125. The maximum absolute atomic E-state index is 13.5. The standard InChI is InChI=1S/C20H28N2O2/c1-14(2)13-22-18-12-16(15(3)23)8-9-17(18)21(4)20(19(22)24)10-6-5-7-11-20/h8-9,12,14H,5-7,10-11,13H2,1-4H3. The van der Waals surface area contributed by atoms with Crippen LogP contribution in [0.1, 0.15) is 63.2 Å². The van der Waals surface area contributed by atoms with Gasteiger partial charge in [0.15, 0.2) is 5.78 Å². The molecular formula is C20H28N2O2. The highest BCUT2D eigenvalue weighted by atomic mass is 16.2. The van der Waals surface area contributed by atoms with Crippen molar-refractivity contribution < 1.29 is 9.59 Å². The van der Waals surface area contributed by atoms with Crippen LogP contribution in [0, 0.1) is 5.92 Å². The summed E-state index contributed by atoms with van der Waals surface area (Å²) in [4.78, 5) is 29.4. The molecule has 1 heterocycles. The van der Waals surface area contributed by atoms with Crippen molar-refractivity contribution in [3.05, 3.63) is 23.8 Å². The van der Waals surface area contributed by atoms with Crippen LogP contribution >= 0.6 is 0 Å². The molecule has 0 aromatic heterocycles. The quantitative estimate of drug-likeness (QED) is 0.787. The molecule has 1 aliphatic carbocycles. The number of hydrogen-bond donors (Lipinski definition) is 0. The topological polar surface area (TPSA) is 40.6 Å². The first-order valence-corrected chi connectivity index (χ1v) is 9.07. The van der Waals surface area contributed by atoms with E-state index in [0.29, 0.717) is 18.0 Å². The molecule has 4 nitrogen and oxygen atoms in total. The molecule has 4 heteroatoms. The van der Waals surface area contributed by atoms with Gasteiger partial charge in [-0.15, -0.1) is 0 Å². The van der Waals surface area contributed by atoms with E-state index in [4.69, 9.17) is 0 Å². The number of ketones is 1. The number of likely N-dealkylation sites (N-methyl/N-ethyl adjacent to an activating group) is 1. The SMILES string of the molecule is CC(=O)c1ccc2c(c1)N(CC(C)C)C(=O)C1(CCCCC1)N2C. The number of hydrogen-bond acceptors (Lipinski definition) is 3. The molecule has 0 saturated heterocycles. The lowest BCUT2D eigenvalue weighted by atomic mass is 9.77. The average Bonchev–Trinajstić information content (AvgIpc) is 2.57. The molecule has 1 aliphatic heterocycles. The minimum Gasteiger partial charge on any atom is -0.358 e. The van der Waals surface area contributed by atoms with Crippen molar-refractivity contribution in [2.24, 2.45) is 5.92 Å². The lowest BCUT2D eigenvalue weighted by Gasteiger charge is -2.51. The number of benzene rings is 1. The smallest absolute Gasteiger partial charge is 0.252 e. The highest BCUT2D eigenvalue weighted by molar-refractivity contribution is 6.09. The molecule has 1 aromatic rings. The lowest BCUT2D eigenvalue weighted by Crippen LogP contribution is -2.63. The summed E-state index contributed by atoms with van der Waals surface area (Å²) in [6.45, 7) is 6.54. The first kappa shape index (κ1) is 17.0. The predicted octanol–water partition coefficient (Wildman–Crippen LogP) is 4.03. The number of nitrogens with zero attached hydrogens (tertiary/aromatic N) is 2. The summed E-state index contributed by atoms with van der Waals surface area (Å²) >= 11 is 0. The van der Waals surface area contributed by atoms with E-state index in [2.05, 4.69) is 18.7 Å². The molecule has 1 aromatic carbocycles. The van der Waals surface area contributed by atoms with Gasteiger partial charge in [-0.1, -0.05) is 33.1 Å². The second kappa shape index (κ2) is 6.23. The van der Waals surface area contributed by atoms with Crippen molar-refractivity contribution in [3.63, 3.8) is 0 Å². The Kier molecular flexibility index (Phi) is 4.41. The number of rotatable bonds is 3. The first-order valence-electron chi connectivity index (χ1n) is 9.07. The van der Waals surface area contributed by atoms with Gasteiger partial charge >= 0.3 is 0 Å². The Morgan fingerprint density at radius 3 is 2.42 bits per heavy atom. The highest BCUT2D eigenvalue weighted by Gasteiger charge is 2.50. The van der Waals surface area contributed by atoms with E-state index in [1.807, 2.05) is 30.1 Å². The normalized spacial score (nSPS) is 19.8. The van der Waals surface area contributed by atoms with Crippen molar-refractivity contribution >= 4 is 23.1 Å². The maximum Gasteiger partial charge on any atom is 0.252 e. The summed E-state index contributed by atoms with van der Waals surface area (Å²) in [5.74, 6) is 0.633. The molecule has 1 spiro atoms. The Morgan fingerprint density at radius 1 is 1.17 bits per heavy atom. The Morgan fingerprint density at radius 2 is 1.83 bits per heavy atom. The number of anilines is 2.